The molecule has 2 aliphatic rings. The lowest BCUT2D eigenvalue weighted by molar-refractivity contribution is -0.140. The van der Waals surface area contributed by atoms with E-state index in [1.165, 1.54) is 22.5 Å². The van der Waals surface area contributed by atoms with Crippen molar-refractivity contribution in [2.75, 3.05) is 39.4 Å². The van der Waals surface area contributed by atoms with E-state index in [0.29, 0.717) is 57.3 Å². The van der Waals surface area contributed by atoms with Crippen LogP contribution in [-0.4, -0.2) is 62.9 Å². The molecule has 2 aliphatic heterocycles. The van der Waals surface area contributed by atoms with Crippen LogP contribution >= 0.6 is 23.2 Å². The predicted octanol–water partition coefficient (Wildman–Crippen LogP) is 2.25. The normalized spacial score (nSPS) is 20.6. The quantitative estimate of drug-likeness (QED) is 0.771. The molecule has 0 aromatic heterocycles. The van der Waals surface area contributed by atoms with E-state index in [0.717, 1.165) is 0 Å². The third-order valence-corrected chi connectivity index (χ3v) is 7.29. The van der Waals surface area contributed by atoms with E-state index in [9.17, 15) is 13.2 Å². The van der Waals surface area contributed by atoms with E-state index in [2.05, 4.69) is 0 Å². The van der Waals surface area contributed by atoms with Crippen LogP contribution in [0.1, 0.15) is 12.8 Å². The van der Waals surface area contributed by atoms with Crippen LogP contribution in [0.4, 0.5) is 0 Å². The van der Waals surface area contributed by atoms with Crippen molar-refractivity contribution in [3.63, 3.8) is 0 Å². The van der Waals surface area contributed by atoms with Crippen LogP contribution in [0, 0.1) is 5.92 Å². The number of piperidine rings is 1. The molecule has 0 saturated carbocycles. The van der Waals surface area contributed by atoms with Crippen LogP contribution in [0.5, 0.6) is 0 Å². The second-order valence-corrected chi connectivity index (χ2v) is 8.94. The van der Waals surface area contributed by atoms with E-state index in [-0.39, 0.29) is 21.7 Å². The first-order chi connectivity index (χ1) is 11.9. The van der Waals surface area contributed by atoms with Gasteiger partial charge in [-0.2, -0.15) is 4.31 Å². The molecule has 0 unspecified atom stereocenters. The van der Waals surface area contributed by atoms with Crippen molar-refractivity contribution in [2.45, 2.75) is 17.7 Å². The van der Waals surface area contributed by atoms with Gasteiger partial charge in [-0.1, -0.05) is 23.2 Å². The third kappa shape index (κ3) is 4.11. The zero-order chi connectivity index (χ0) is 18.0. The van der Waals surface area contributed by atoms with Crippen molar-refractivity contribution in [3.05, 3.63) is 28.2 Å². The highest BCUT2D eigenvalue weighted by atomic mass is 35.5. The highest BCUT2D eigenvalue weighted by Gasteiger charge is 2.34. The Labute approximate surface area is 157 Å². The molecule has 25 heavy (non-hydrogen) atoms. The maximum atomic E-state index is 12.7. The lowest BCUT2D eigenvalue weighted by atomic mass is 9.96. The van der Waals surface area contributed by atoms with Crippen LogP contribution in [0.3, 0.4) is 0 Å². The molecular weight excluding hydrogens is 387 g/mol. The number of ether oxygens (including phenoxy) is 1. The first-order valence-corrected chi connectivity index (χ1v) is 10.4. The Morgan fingerprint density at radius 3 is 2.28 bits per heavy atom. The Balaban J connectivity index is 1.64. The lowest BCUT2D eigenvalue weighted by Gasteiger charge is -2.35. The summed E-state index contributed by atoms with van der Waals surface area (Å²) in [5.74, 6) is -0.0201. The summed E-state index contributed by atoms with van der Waals surface area (Å²) < 4.78 is 32.2. The highest BCUT2D eigenvalue weighted by Crippen LogP contribution is 2.29. The number of morpholine rings is 1. The topological polar surface area (TPSA) is 66.9 Å². The number of hydrogen-bond acceptors (Lipinski definition) is 4. The number of carbonyl (C=O) groups excluding carboxylic acids is 1. The molecule has 0 atom stereocenters. The van der Waals surface area contributed by atoms with Gasteiger partial charge in [0.2, 0.25) is 15.9 Å². The van der Waals surface area contributed by atoms with Gasteiger partial charge >= 0.3 is 0 Å². The molecule has 2 fully saturated rings. The van der Waals surface area contributed by atoms with Crippen LogP contribution in [0.2, 0.25) is 10.0 Å². The van der Waals surface area contributed by atoms with Crippen molar-refractivity contribution >= 4 is 39.1 Å². The fourth-order valence-corrected chi connectivity index (χ4v) is 5.03. The Kier molecular flexibility index (Phi) is 5.90. The Bertz CT molecular complexity index is 743. The summed E-state index contributed by atoms with van der Waals surface area (Å²) in [4.78, 5) is 14.5. The number of benzene rings is 1. The molecule has 9 heteroatoms. The molecule has 6 nitrogen and oxygen atoms in total. The van der Waals surface area contributed by atoms with Gasteiger partial charge in [0.1, 0.15) is 0 Å². The van der Waals surface area contributed by atoms with Gasteiger partial charge in [-0.25, -0.2) is 8.42 Å². The van der Waals surface area contributed by atoms with Crippen molar-refractivity contribution in [3.8, 4) is 0 Å². The fraction of sp³-hybridized carbons (Fsp3) is 0.562. The second-order valence-electron chi connectivity index (χ2n) is 6.19. The van der Waals surface area contributed by atoms with Crippen molar-refractivity contribution in [1.82, 2.24) is 9.21 Å². The molecule has 2 saturated heterocycles. The molecule has 0 radical (unpaired) electrons. The summed E-state index contributed by atoms with van der Waals surface area (Å²) in [6.45, 7) is 3.00. The molecule has 0 N–H and O–H groups in total. The first-order valence-electron chi connectivity index (χ1n) is 8.21. The van der Waals surface area contributed by atoms with E-state index >= 15 is 0 Å². The third-order valence-electron chi connectivity index (χ3n) is 4.65. The van der Waals surface area contributed by atoms with E-state index in [1.54, 1.807) is 0 Å². The number of amides is 1. The number of hydrogen-bond donors (Lipinski definition) is 0. The number of rotatable bonds is 3. The highest BCUT2D eigenvalue weighted by molar-refractivity contribution is 7.89. The number of halogens is 2. The van der Waals surface area contributed by atoms with Crippen molar-refractivity contribution in [1.29, 1.82) is 0 Å². The summed E-state index contributed by atoms with van der Waals surface area (Å²) in [5, 5.41) is 0.524. The number of sulfonamides is 1. The molecule has 1 amide bonds. The van der Waals surface area contributed by atoms with Crippen LogP contribution in [0.15, 0.2) is 23.1 Å². The predicted molar refractivity (Wildman–Crippen MR) is 95.3 cm³/mol. The molecule has 0 bridgehead atoms. The Hall–Kier alpha value is -0.860. The van der Waals surface area contributed by atoms with Gasteiger partial charge in [-0.05, 0) is 31.0 Å². The second kappa shape index (κ2) is 7.80. The van der Waals surface area contributed by atoms with Crippen molar-refractivity contribution in [2.24, 2.45) is 5.92 Å². The molecule has 1 aromatic carbocycles. The lowest BCUT2D eigenvalue weighted by Crippen LogP contribution is -2.47. The maximum absolute atomic E-state index is 12.7. The van der Waals surface area contributed by atoms with Gasteiger partial charge in [0.15, 0.2) is 0 Å². The first kappa shape index (κ1) is 18.9. The summed E-state index contributed by atoms with van der Waals surface area (Å²) >= 11 is 11.8. The Morgan fingerprint density at radius 1 is 1.04 bits per heavy atom. The van der Waals surface area contributed by atoms with E-state index in [4.69, 9.17) is 27.9 Å². The van der Waals surface area contributed by atoms with Gasteiger partial charge in [-0.3, -0.25) is 4.79 Å². The summed E-state index contributed by atoms with van der Waals surface area (Å²) in [6, 6.07) is 4.30. The minimum atomic E-state index is -3.63. The Morgan fingerprint density at radius 2 is 1.68 bits per heavy atom. The van der Waals surface area contributed by atoms with Crippen molar-refractivity contribution < 1.29 is 17.9 Å². The standard InChI is InChI=1S/C16H20Cl2N2O4S/c17-14-2-1-13(11-15(14)18)25(22,23)20-5-3-12(4-6-20)16(21)19-7-9-24-10-8-19/h1-2,11-12H,3-10H2. The molecule has 0 aliphatic carbocycles. The molecule has 1 aromatic rings. The van der Waals surface area contributed by atoms with Gasteiger partial charge < -0.3 is 9.64 Å². The summed E-state index contributed by atoms with van der Waals surface area (Å²) in [6.07, 6.45) is 1.05. The molecule has 3 rings (SSSR count). The number of carbonyl (C=O) groups is 1. The smallest absolute Gasteiger partial charge is 0.243 e. The zero-order valence-electron chi connectivity index (χ0n) is 13.7. The van der Waals surface area contributed by atoms with Crippen LogP contribution in [-0.2, 0) is 19.6 Å². The average Bonchev–Trinajstić information content (AvgIpc) is 2.64. The van der Waals surface area contributed by atoms with Gasteiger partial charge in [0, 0.05) is 32.1 Å². The molecule has 0 spiro atoms. The molecular formula is C16H20Cl2N2O4S. The van der Waals surface area contributed by atoms with Gasteiger partial charge in [0.25, 0.3) is 0 Å². The van der Waals surface area contributed by atoms with E-state index < -0.39 is 10.0 Å². The monoisotopic (exact) mass is 406 g/mol. The van der Waals surface area contributed by atoms with E-state index in [1.807, 2.05) is 4.90 Å². The van der Waals surface area contributed by atoms with Gasteiger partial charge in [-0.15, -0.1) is 0 Å². The largest absolute Gasteiger partial charge is 0.378 e. The minimum Gasteiger partial charge on any atom is -0.378 e. The van der Waals surface area contributed by atoms with Crippen LogP contribution in [0.25, 0.3) is 0 Å². The van der Waals surface area contributed by atoms with Crippen LogP contribution < -0.4 is 0 Å². The molecule has 2 heterocycles. The SMILES string of the molecule is O=C(C1CCN(S(=O)(=O)c2ccc(Cl)c(Cl)c2)CC1)N1CCOCC1. The maximum Gasteiger partial charge on any atom is 0.243 e. The summed E-state index contributed by atoms with van der Waals surface area (Å²) in [7, 11) is -3.63. The van der Waals surface area contributed by atoms with Gasteiger partial charge in [0.05, 0.1) is 28.2 Å². The fourth-order valence-electron chi connectivity index (χ4n) is 3.17. The zero-order valence-corrected chi connectivity index (χ0v) is 16.0. The minimum absolute atomic E-state index is 0.106. The average molecular weight is 407 g/mol. The molecule has 138 valence electrons. The number of nitrogens with zero attached hydrogens (tertiary/aromatic N) is 2. The summed E-state index contributed by atoms with van der Waals surface area (Å²) in [5.41, 5.74) is 0.